The van der Waals surface area contributed by atoms with Gasteiger partial charge in [-0.05, 0) is 48.3 Å². The van der Waals surface area contributed by atoms with Crippen LogP contribution in [0.3, 0.4) is 0 Å². The average molecular weight is 477 g/mol. The molecule has 164 valence electrons. The Hall–Kier alpha value is -2.17. The van der Waals surface area contributed by atoms with Crippen LogP contribution in [0.1, 0.15) is 39.9 Å². The SMILES string of the molecule is CCC1CCc2sc(-c3nnc(SCC(=O)Nc4ccsc4C(=O)OC)n3C)cc2C1. The Morgan fingerprint density at radius 1 is 1.39 bits per heavy atom. The van der Waals surface area contributed by atoms with Crippen LogP contribution in [0, 0.1) is 5.92 Å². The van der Waals surface area contributed by atoms with Crippen molar-refractivity contribution < 1.29 is 14.3 Å². The molecule has 7 nitrogen and oxygen atoms in total. The van der Waals surface area contributed by atoms with Gasteiger partial charge in [0.25, 0.3) is 0 Å². The molecule has 1 amide bonds. The summed E-state index contributed by atoms with van der Waals surface area (Å²) < 4.78 is 6.68. The van der Waals surface area contributed by atoms with Crippen molar-refractivity contribution in [1.29, 1.82) is 0 Å². The smallest absolute Gasteiger partial charge is 0.350 e. The van der Waals surface area contributed by atoms with Crippen molar-refractivity contribution in [3.05, 3.63) is 32.8 Å². The first kappa shape index (κ1) is 22.0. The lowest BCUT2D eigenvalue weighted by Crippen LogP contribution is -2.16. The number of carbonyl (C=O) groups excluding carboxylic acids is 2. The Kier molecular flexibility index (Phi) is 6.78. The average Bonchev–Trinajstić information content (AvgIpc) is 3.49. The van der Waals surface area contributed by atoms with Crippen LogP contribution in [-0.2, 0) is 29.4 Å². The Bertz CT molecular complexity index is 1100. The molecule has 0 fully saturated rings. The fourth-order valence-electron chi connectivity index (χ4n) is 3.69. The maximum absolute atomic E-state index is 12.4. The molecule has 1 aliphatic carbocycles. The lowest BCUT2D eigenvalue weighted by atomic mass is 9.87. The molecule has 3 heterocycles. The minimum atomic E-state index is -0.459. The third-order valence-corrected chi connectivity index (χ3v) is 8.61. The summed E-state index contributed by atoms with van der Waals surface area (Å²) in [5.41, 5.74) is 1.92. The number of hydrogen-bond donors (Lipinski definition) is 1. The lowest BCUT2D eigenvalue weighted by molar-refractivity contribution is -0.113. The summed E-state index contributed by atoms with van der Waals surface area (Å²) in [6.45, 7) is 2.26. The maximum Gasteiger partial charge on any atom is 0.350 e. The largest absolute Gasteiger partial charge is 0.465 e. The van der Waals surface area contributed by atoms with Crippen molar-refractivity contribution in [2.45, 2.75) is 37.8 Å². The van der Waals surface area contributed by atoms with Crippen LogP contribution in [0.4, 0.5) is 5.69 Å². The number of rotatable bonds is 7. The second-order valence-corrected chi connectivity index (χ2v) is 10.4. The molecule has 10 heteroatoms. The molecule has 0 bridgehead atoms. The monoisotopic (exact) mass is 476 g/mol. The van der Waals surface area contributed by atoms with E-state index in [2.05, 4.69) is 28.5 Å². The third kappa shape index (κ3) is 4.70. The maximum atomic E-state index is 12.4. The molecule has 31 heavy (non-hydrogen) atoms. The molecule has 1 N–H and O–H groups in total. The first-order valence-corrected chi connectivity index (χ1v) is 12.8. The Labute approximate surface area is 193 Å². The van der Waals surface area contributed by atoms with Crippen LogP contribution in [-0.4, -0.2) is 39.5 Å². The van der Waals surface area contributed by atoms with E-state index in [9.17, 15) is 9.59 Å². The summed E-state index contributed by atoms with van der Waals surface area (Å²) in [4.78, 5) is 27.1. The molecule has 0 radical (unpaired) electrons. The first-order chi connectivity index (χ1) is 15.0. The number of esters is 1. The van der Waals surface area contributed by atoms with E-state index < -0.39 is 5.97 Å². The normalized spacial score (nSPS) is 15.5. The fraction of sp³-hybridized carbons (Fsp3) is 0.429. The zero-order valence-corrected chi connectivity index (χ0v) is 20.1. The Morgan fingerprint density at radius 2 is 2.23 bits per heavy atom. The van der Waals surface area contributed by atoms with Gasteiger partial charge in [-0.3, -0.25) is 4.79 Å². The summed E-state index contributed by atoms with van der Waals surface area (Å²) in [6.07, 6.45) is 4.79. The van der Waals surface area contributed by atoms with Crippen LogP contribution >= 0.6 is 34.4 Å². The van der Waals surface area contributed by atoms with E-state index in [4.69, 9.17) is 4.74 Å². The standard InChI is InChI=1S/C21H24N4O3S3/c1-4-12-5-6-15-13(9-12)10-16(31-15)19-23-24-21(25(19)2)30-11-17(26)22-14-7-8-29-18(14)20(27)28-3/h7-8,10,12H,4-6,9,11H2,1-3H3,(H,22,26). The summed E-state index contributed by atoms with van der Waals surface area (Å²) in [7, 11) is 3.25. The number of aromatic nitrogens is 3. The number of thioether (sulfide) groups is 1. The number of hydrogen-bond acceptors (Lipinski definition) is 8. The van der Waals surface area contributed by atoms with Crippen LogP contribution in [0.5, 0.6) is 0 Å². The molecule has 3 aromatic heterocycles. The number of anilines is 1. The van der Waals surface area contributed by atoms with E-state index in [0.29, 0.717) is 15.7 Å². The molecule has 1 atom stereocenters. The zero-order chi connectivity index (χ0) is 22.0. The summed E-state index contributed by atoms with van der Waals surface area (Å²) in [5, 5.41) is 13.9. The van der Waals surface area contributed by atoms with Crippen molar-refractivity contribution in [2.24, 2.45) is 13.0 Å². The number of methoxy groups -OCH3 is 1. The summed E-state index contributed by atoms with van der Waals surface area (Å²) >= 11 is 4.36. The molecule has 4 rings (SSSR count). The van der Waals surface area contributed by atoms with Gasteiger partial charge in [-0.15, -0.1) is 32.9 Å². The van der Waals surface area contributed by atoms with Gasteiger partial charge < -0.3 is 14.6 Å². The number of ether oxygens (including phenoxy) is 1. The predicted octanol–water partition coefficient (Wildman–Crippen LogP) is 4.64. The van der Waals surface area contributed by atoms with Gasteiger partial charge in [0.15, 0.2) is 11.0 Å². The summed E-state index contributed by atoms with van der Waals surface area (Å²) in [6, 6.07) is 3.96. The van der Waals surface area contributed by atoms with Crippen LogP contribution in [0.15, 0.2) is 22.7 Å². The van der Waals surface area contributed by atoms with Gasteiger partial charge in [-0.2, -0.15) is 0 Å². The number of nitrogens with one attached hydrogen (secondary N) is 1. The van der Waals surface area contributed by atoms with Gasteiger partial charge in [0.2, 0.25) is 5.91 Å². The highest BCUT2D eigenvalue weighted by atomic mass is 32.2. The van der Waals surface area contributed by atoms with Crippen LogP contribution in [0.25, 0.3) is 10.7 Å². The highest BCUT2D eigenvalue weighted by molar-refractivity contribution is 7.99. The van der Waals surface area contributed by atoms with E-state index in [1.54, 1.807) is 11.4 Å². The molecular formula is C21H24N4O3S3. The van der Waals surface area contributed by atoms with Crippen molar-refractivity contribution in [3.63, 3.8) is 0 Å². The number of fused-ring (bicyclic) bond motifs is 1. The van der Waals surface area contributed by atoms with Gasteiger partial charge in [0.05, 0.1) is 23.4 Å². The number of carbonyl (C=O) groups is 2. The molecule has 1 unspecified atom stereocenters. The first-order valence-electron chi connectivity index (χ1n) is 10.1. The number of aryl methyl sites for hydroxylation is 1. The predicted molar refractivity (Wildman–Crippen MR) is 125 cm³/mol. The van der Waals surface area contributed by atoms with Gasteiger partial charge in [-0.1, -0.05) is 25.1 Å². The molecule has 0 spiro atoms. The fourth-order valence-corrected chi connectivity index (χ4v) is 6.39. The highest BCUT2D eigenvalue weighted by Gasteiger charge is 2.23. The topological polar surface area (TPSA) is 86.1 Å². The van der Waals surface area contributed by atoms with E-state index in [1.807, 2.05) is 23.0 Å². The molecule has 3 aromatic rings. The minimum absolute atomic E-state index is 0.168. The minimum Gasteiger partial charge on any atom is -0.465 e. The van der Waals surface area contributed by atoms with E-state index in [1.165, 1.54) is 53.5 Å². The van der Waals surface area contributed by atoms with Gasteiger partial charge in [0.1, 0.15) is 4.88 Å². The van der Waals surface area contributed by atoms with Crippen molar-refractivity contribution in [3.8, 4) is 10.7 Å². The molecule has 0 saturated carbocycles. The van der Waals surface area contributed by atoms with Crippen molar-refractivity contribution in [2.75, 3.05) is 18.2 Å². The van der Waals surface area contributed by atoms with Crippen LogP contribution in [0.2, 0.25) is 0 Å². The van der Waals surface area contributed by atoms with E-state index >= 15 is 0 Å². The van der Waals surface area contributed by atoms with Crippen molar-refractivity contribution in [1.82, 2.24) is 14.8 Å². The quantitative estimate of drug-likeness (QED) is 0.395. The Morgan fingerprint density at radius 3 is 3.00 bits per heavy atom. The number of thiophene rings is 2. The van der Waals surface area contributed by atoms with Gasteiger partial charge in [-0.25, -0.2) is 4.79 Å². The van der Waals surface area contributed by atoms with E-state index in [0.717, 1.165) is 29.5 Å². The van der Waals surface area contributed by atoms with Crippen LogP contribution < -0.4 is 5.32 Å². The lowest BCUT2D eigenvalue weighted by Gasteiger charge is -2.19. The zero-order valence-electron chi connectivity index (χ0n) is 17.6. The molecule has 1 aliphatic rings. The summed E-state index contributed by atoms with van der Waals surface area (Å²) in [5.74, 6) is 1.11. The highest BCUT2D eigenvalue weighted by Crippen LogP contribution is 2.38. The van der Waals surface area contributed by atoms with E-state index in [-0.39, 0.29) is 11.7 Å². The van der Waals surface area contributed by atoms with Gasteiger partial charge in [0, 0.05) is 11.9 Å². The Balaban J connectivity index is 1.40. The molecule has 0 saturated heterocycles. The number of nitrogens with zero attached hydrogens (tertiary/aromatic N) is 3. The van der Waals surface area contributed by atoms with Gasteiger partial charge >= 0.3 is 5.97 Å². The molecular weight excluding hydrogens is 452 g/mol. The van der Waals surface area contributed by atoms with Crippen molar-refractivity contribution >= 4 is 52.0 Å². The molecule has 0 aromatic carbocycles. The third-order valence-electron chi connectivity index (χ3n) is 5.46. The second kappa shape index (κ2) is 9.54. The number of amides is 1. The second-order valence-electron chi connectivity index (χ2n) is 7.43. The molecule has 0 aliphatic heterocycles.